The lowest BCUT2D eigenvalue weighted by Gasteiger charge is -2.24. The highest BCUT2D eigenvalue weighted by atomic mass is 32.1. The molecule has 8 heteroatoms. The van der Waals surface area contributed by atoms with Crippen LogP contribution in [0, 0.1) is 6.92 Å². The number of aromatic nitrogens is 1. The molecule has 0 radical (unpaired) electrons. The van der Waals surface area contributed by atoms with Gasteiger partial charge in [0, 0.05) is 5.56 Å². The number of rotatable bonds is 6. The van der Waals surface area contributed by atoms with Gasteiger partial charge in [-0.2, -0.15) is 0 Å². The van der Waals surface area contributed by atoms with Gasteiger partial charge in [0.2, 0.25) is 0 Å². The number of carbonyl (C=O) groups is 1. The minimum absolute atomic E-state index is 0.232. The summed E-state index contributed by atoms with van der Waals surface area (Å²) in [6.45, 7) is 5.75. The molecule has 0 saturated carbocycles. The molecule has 0 spiro atoms. The van der Waals surface area contributed by atoms with Crippen LogP contribution < -0.4 is 24.4 Å². The molecule has 3 aromatic rings. The molecule has 1 aliphatic rings. The Morgan fingerprint density at radius 2 is 1.85 bits per heavy atom. The van der Waals surface area contributed by atoms with Gasteiger partial charge in [0.1, 0.15) is 11.5 Å². The van der Waals surface area contributed by atoms with E-state index >= 15 is 0 Å². The molecule has 0 saturated heterocycles. The molecule has 2 aromatic carbocycles. The normalized spacial score (nSPS) is 15.6. The van der Waals surface area contributed by atoms with Crippen LogP contribution in [-0.4, -0.2) is 31.4 Å². The fraction of sp³-hybridized carbons (Fsp3) is 0.269. The van der Waals surface area contributed by atoms with E-state index in [4.69, 9.17) is 14.2 Å². The summed E-state index contributed by atoms with van der Waals surface area (Å²) < 4.78 is 18.2. The van der Waals surface area contributed by atoms with Crippen LogP contribution in [0.1, 0.15) is 36.6 Å². The molecule has 7 nitrogen and oxygen atoms in total. The number of hydrogen-bond donors (Lipinski definition) is 0. The highest BCUT2D eigenvalue weighted by molar-refractivity contribution is 7.07. The third-order valence-electron chi connectivity index (χ3n) is 5.63. The first-order valence-electron chi connectivity index (χ1n) is 10.9. The van der Waals surface area contributed by atoms with Crippen LogP contribution in [0.25, 0.3) is 6.08 Å². The third-order valence-corrected chi connectivity index (χ3v) is 6.62. The summed E-state index contributed by atoms with van der Waals surface area (Å²) in [5.41, 5.74) is 3.27. The maximum Gasteiger partial charge on any atom is 0.338 e. The Balaban J connectivity index is 1.96. The minimum Gasteiger partial charge on any atom is -0.497 e. The van der Waals surface area contributed by atoms with Gasteiger partial charge in [-0.3, -0.25) is 9.36 Å². The first-order valence-corrected chi connectivity index (χ1v) is 11.7. The SMILES string of the molecule is CCOC(=O)C1=C(C)N=c2s/c(=C\c3cc(OC)ccc3OC)c(=O)n2[C@@H]1c1ccc(C)cc1. The van der Waals surface area contributed by atoms with Gasteiger partial charge < -0.3 is 14.2 Å². The van der Waals surface area contributed by atoms with Gasteiger partial charge in [0.25, 0.3) is 5.56 Å². The Labute approximate surface area is 201 Å². The second kappa shape index (κ2) is 9.69. The molecule has 4 rings (SSSR count). The molecular formula is C26H26N2O5S. The van der Waals surface area contributed by atoms with E-state index in [0.29, 0.717) is 37.7 Å². The standard InChI is InChI=1S/C26H26N2O5S/c1-6-33-25(30)22-16(3)27-26-28(23(22)17-9-7-15(2)8-10-17)24(29)21(34-26)14-18-13-19(31-4)11-12-20(18)32-5/h7-14,23H,6H2,1-5H3/b21-14-/t23-/m1/s1. The fourth-order valence-electron chi connectivity index (χ4n) is 3.95. The van der Waals surface area contributed by atoms with Crippen molar-refractivity contribution in [2.75, 3.05) is 20.8 Å². The van der Waals surface area contributed by atoms with E-state index in [2.05, 4.69) is 4.99 Å². The maximum atomic E-state index is 13.7. The molecule has 0 fully saturated rings. The monoisotopic (exact) mass is 478 g/mol. The Hall–Kier alpha value is -3.65. The number of esters is 1. The van der Waals surface area contributed by atoms with Crippen molar-refractivity contribution >= 4 is 23.4 Å². The number of nitrogens with zero attached hydrogens (tertiary/aromatic N) is 2. The van der Waals surface area contributed by atoms with Crippen molar-refractivity contribution in [3.05, 3.63) is 90.1 Å². The van der Waals surface area contributed by atoms with E-state index in [1.54, 1.807) is 50.8 Å². The molecule has 0 unspecified atom stereocenters. The molecule has 0 N–H and O–H groups in total. The van der Waals surface area contributed by atoms with E-state index in [9.17, 15) is 9.59 Å². The van der Waals surface area contributed by atoms with Gasteiger partial charge in [0.05, 0.1) is 42.7 Å². The first-order chi connectivity index (χ1) is 16.4. The van der Waals surface area contributed by atoms with Crippen LogP contribution >= 0.6 is 11.3 Å². The number of thiazole rings is 1. The van der Waals surface area contributed by atoms with Crippen LogP contribution in [0.4, 0.5) is 0 Å². The maximum absolute atomic E-state index is 13.7. The molecule has 2 heterocycles. The van der Waals surface area contributed by atoms with E-state index < -0.39 is 12.0 Å². The Morgan fingerprint density at radius 3 is 2.50 bits per heavy atom. The molecule has 1 atom stereocenters. The number of methoxy groups -OCH3 is 2. The smallest absolute Gasteiger partial charge is 0.338 e. The van der Waals surface area contributed by atoms with Crippen molar-refractivity contribution in [3.8, 4) is 11.5 Å². The van der Waals surface area contributed by atoms with Crippen LogP contribution in [0.15, 0.2) is 63.5 Å². The second-order valence-electron chi connectivity index (χ2n) is 7.82. The number of aryl methyl sites for hydroxylation is 1. The molecule has 0 bridgehead atoms. The van der Waals surface area contributed by atoms with E-state index in [1.807, 2.05) is 37.3 Å². The van der Waals surface area contributed by atoms with Crippen LogP contribution in [0.3, 0.4) is 0 Å². The Morgan fingerprint density at radius 1 is 1.12 bits per heavy atom. The molecule has 0 amide bonds. The highest BCUT2D eigenvalue weighted by Gasteiger charge is 2.33. The van der Waals surface area contributed by atoms with Gasteiger partial charge >= 0.3 is 5.97 Å². The average Bonchev–Trinajstić information content (AvgIpc) is 3.13. The van der Waals surface area contributed by atoms with Crippen molar-refractivity contribution in [2.24, 2.45) is 4.99 Å². The largest absolute Gasteiger partial charge is 0.497 e. The van der Waals surface area contributed by atoms with Crippen molar-refractivity contribution in [2.45, 2.75) is 26.8 Å². The summed E-state index contributed by atoms with van der Waals surface area (Å²) in [6, 6.07) is 12.5. The van der Waals surface area contributed by atoms with Gasteiger partial charge in [-0.05, 0) is 50.6 Å². The van der Waals surface area contributed by atoms with E-state index in [-0.39, 0.29) is 12.2 Å². The lowest BCUT2D eigenvalue weighted by Crippen LogP contribution is -2.39. The number of ether oxygens (including phenoxy) is 3. The Kier molecular flexibility index (Phi) is 6.70. The number of allylic oxidation sites excluding steroid dienone is 1. The summed E-state index contributed by atoms with van der Waals surface area (Å²) in [7, 11) is 3.16. The van der Waals surface area contributed by atoms with Gasteiger partial charge in [-0.1, -0.05) is 41.2 Å². The fourth-order valence-corrected chi connectivity index (χ4v) is 4.99. The topological polar surface area (TPSA) is 79.1 Å². The third kappa shape index (κ3) is 4.28. The molecule has 176 valence electrons. The molecule has 1 aromatic heterocycles. The number of benzene rings is 2. The first kappa shape index (κ1) is 23.5. The lowest BCUT2D eigenvalue weighted by atomic mass is 9.95. The van der Waals surface area contributed by atoms with E-state index in [0.717, 1.165) is 11.1 Å². The zero-order valence-corrected chi connectivity index (χ0v) is 20.6. The zero-order chi connectivity index (χ0) is 24.4. The van der Waals surface area contributed by atoms with Crippen molar-refractivity contribution < 1.29 is 19.0 Å². The van der Waals surface area contributed by atoms with Gasteiger partial charge in [0.15, 0.2) is 4.80 Å². The summed E-state index contributed by atoms with van der Waals surface area (Å²) in [6.07, 6.45) is 1.76. The summed E-state index contributed by atoms with van der Waals surface area (Å²) >= 11 is 1.27. The van der Waals surface area contributed by atoms with Gasteiger partial charge in [-0.25, -0.2) is 9.79 Å². The molecule has 0 aliphatic carbocycles. The van der Waals surface area contributed by atoms with Crippen molar-refractivity contribution in [1.29, 1.82) is 0 Å². The van der Waals surface area contributed by atoms with Crippen molar-refractivity contribution in [3.63, 3.8) is 0 Å². The van der Waals surface area contributed by atoms with E-state index in [1.165, 1.54) is 11.3 Å². The average molecular weight is 479 g/mol. The number of carbonyl (C=O) groups excluding carboxylic acids is 1. The lowest BCUT2D eigenvalue weighted by molar-refractivity contribution is -0.139. The van der Waals surface area contributed by atoms with Crippen LogP contribution in [0.2, 0.25) is 0 Å². The predicted molar refractivity (Wildman–Crippen MR) is 131 cm³/mol. The second-order valence-corrected chi connectivity index (χ2v) is 8.83. The summed E-state index contributed by atoms with van der Waals surface area (Å²) in [4.78, 5) is 31.8. The quantitative estimate of drug-likeness (QED) is 0.509. The molecule has 34 heavy (non-hydrogen) atoms. The highest BCUT2D eigenvalue weighted by Crippen LogP contribution is 2.31. The van der Waals surface area contributed by atoms with Crippen LogP contribution in [-0.2, 0) is 9.53 Å². The van der Waals surface area contributed by atoms with Crippen molar-refractivity contribution in [1.82, 2.24) is 4.57 Å². The van der Waals surface area contributed by atoms with Gasteiger partial charge in [-0.15, -0.1) is 0 Å². The minimum atomic E-state index is -0.634. The zero-order valence-electron chi connectivity index (χ0n) is 19.7. The number of hydrogen-bond acceptors (Lipinski definition) is 7. The predicted octanol–water partition coefficient (Wildman–Crippen LogP) is 3.12. The summed E-state index contributed by atoms with van der Waals surface area (Å²) in [5.74, 6) is 0.793. The molecular weight excluding hydrogens is 452 g/mol. The summed E-state index contributed by atoms with van der Waals surface area (Å²) in [5, 5.41) is 0. The Bertz CT molecular complexity index is 1450. The van der Waals surface area contributed by atoms with Crippen LogP contribution in [0.5, 0.6) is 11.5 Å². The molecule has 1 aliphatic heterocycles. The number of fused-ring (bicyclic) bond motifs is 1.